The predicted molar refractivity (Wildman–Crippen MR) is 137 cm³/mol. The number of phenols is 1. The maximum Gasteiger partial charge on any atom is 0.524 e. The molecule has 2 aromatic heterocycles. The fourth-order valence-electron chi connectivity index (χ4n) is 3.99. The Balaban J connectivity index is 1.90. The van der Waals surface area contributed by atoms with Crippen molar-refractivity contribution in [3.63, 3.8) is 0 Å². The molecule has 2 aromatic carbocycles. The summed E-state index contributed by atoms with van der Waals surface area (Å²) in [6, 6.07) is 10.2. The topological polar surface area (TPSA) is 156 Å². The van der Waals surface area contributed by atoms with Gasteiger partial charge >= 0.3 is 7.82 Å². The Kier molecular flexibility index (Phi) is 7.16. The normalized spacial score (nSPS) is 11.6. The lowest BCUT2D eigenvalue weighted by molar-refractivity contribution is 0.277. The number of benzene rings is 2. The molecule has 182 valence electrons. The van der Waals surface area contributed by atoms with Gasteiger partial charge in [-0.05, 0) is 36.3 Å². The number of aromatic hydroxyl groups is 1. The van der Waals surface area contributed by atoms with Crippen LogP contribution in [0.4, 0.5) is 5.82 Å². The van der Waals surface area contributed by atoms with Gasteiger partial charge < -0.3 is 19.9 Å². The fourth-order valence-corrected chi connectivity index (χ4v) is 4.46. The number of hydrogen-bond donors (Lipinski definition) is 4. The zero-order valence-corrected chi connectivity index (χ0v) is 20.6. The van der Waals surface area contributed by atoms with E-state index >= 15 is 0 Å². The van der Waals surface area contributed by atoms with Crippen LogP contribution >= 0.6 is 20.0 Å². The third kappa shape index (κ3) is 5.35. The minimum atomic E-state index is -4.84. The number of phosphoric ester groups is 1. The molecule has 0 fully saturated rings. The van der Waals surface area contributed by atoms with E-state index in [2.05, 4.69) is 38.8 Å². The quantitative estimate of drug-likeness (QED) is 0.145. The van der Waals surface area contributed by atoms with Crippen LogP contribution in [0.25, 0.3) is 21.9 Å². The van der Waals surface area contributed by atoms with Crippen molar-refractivity contribution < 1.29 is 24.0 Å². The molecule has 0 saturated carbocycles. The second-order valence-corrected chi connectivity index (χ2v) is 9.36. The summed E-state index contributed by atoms with van der Waals surface area (Å²) in [5.41, 5.74) is 9.58. The molecule has 0 radical (unpaired) electrons. The molecule has 0 saturated heterocycles. The van der Waals surface area contributed by atoms with Crippen LogP contribution in [0.3, 0.4) is 0 Å². The molecule has 2 heterocycles. The first-order chi connectivity index (χ1) is 16.7. The second-order valence-electron chi connectivity index (χ2n) is 8.02. The van der Waals surface area contributed by atoms with Crippen LogP contribution in [0.2, 0.25) is 0 Å². The SMILES string of the molecule is CCCCc1nc2c(N)nc3cc(CN=C=S)ccc3c2n1Cc1cccc(OP(=O)(O)O)c1O. The smallest absolute Gasteiger partial charge is 0.504 e. The van der Waals surface area contributed by atoms with Gasteiger partial charge in [-0.3, -0.25) is 9.79 Å². The van der Waals surface area contributed by atoms with E-state index in [1.165, 1.54) is 6.07 Å². The Morgan fingerprint density at radius 2 is 2.06 bits per heavy atom. The fraction of sp³-hybridized carbons (Fsp3) is 0.261. The molecular weight excluding hydrogens is 489 g/mol. The van der Waals surface area contributed by atoms with Crippen LogP contribution in [-0.4, -0.2) is 34.6 Å². The number of phenolic OH excluding ortho intramolecular Hbond substituents is 1. The first kappa shape index (κ1) is 24.8. The number of aromatic nitrogens is 3. The van der Waals surface area contributed by atoms with Crippen molar-refractivity contribution in [1.29, 1.82) is 0 Å². The number of para-hydroxylation sites is 1. The van der Waals surface area contributed by atoms with E-state index in [-0.39, 0.29) is 23.9 Å². The zero-order valence-electron chi connectivity index (χ0n) is 18.9. The van der Waals surface area contributed by atoms with Crippen molar-refractivity contribution in [2.24, 2.45) is 4.99 Å². The van der Waals surface area contributed by atoms with Crippen LogP contribution in [0.1, 0.15) is 36.7 Å². The number of fused-ring (bicyclic) bond motifs is 3. The van der Waals surface area contributed by atoms with Crippen molar-refractivity contribution in [2.75, 3.05) is 5.73 Å². The van der Waals surface area contributed by atoms with E-state index in [1.54, 1.807) is 12.1 Å². The van der Waals surface area contributed by atoms with E-state index in [0.717, 1.165) is 35.1 Å². The lowest BCUT2D eigenvalue weighted by Crippen LogP contribution is -2.07. The van der Waals surface area contributed by atoms with Gasteiger partial charge in [0.05, 0.1) is 29.3 Å². The highest BCUT2D eigenvalue weighted by molar-refractivity contribution is 7.78. The van der Waals surface area contributed by atoms with Crippen LogP contribution in [-0.2, 0) is 24.1 Å². The number of nitrogen functional groups attached to an aromatic ring is 1. The summed E-state index contributed by atoms with van der Waals surface area (Å²) in [5.74, 6) is 0.385. The molecule has 0 aliphatic heterocycles. The lowest BCUT2D eigenvalue weighted by atomic mass is 10.1. The van der Waals surface area contributed by atoms with Gasteiger partial charge in [0.25, 0.3) is 0 Å². The first-order valence-electron chi connectivity index (χ1n) is 10.9. The third-order valence-corrected chi connectivity index (χ3v) is 6.12. The summed E-state index contributed by atoms with van der Waals surface area (Å²) >= 11 is 4.66. The van der Waals surface area contributed by atoms with Crippen molar-refractivity contribution in [2.45, 2.75) is 39.3 Å². The predicted octanol–water partition coefficient (Wildman–Crippen LogP) is 4.34. The van der Waals surface area contributed by atoms with E-state index in [0.29, 0.717) is 29.6 Å². The Morgan fingerprint density at radius 3 is 2.77 bits per heavy atom. The van der Waals surface area contributed by atoms with Gasteiger partial charge in [-0.25, -0.2) is 19.5 Å². The molecule has 0 atom stereocenters. The molecule has 0 spiro atoms. The highest BCUT2D eigenvalue weighted by atomic mass is 32.1. The van der Waals surface area contributed by atoms with Crippen molar-refractivity contribution in [3.05, 3.63) is 53.3 Å². The number of phosphoric acid groups is 1. The van der Waals surface area contributed by atoms with Crippen LogP contribution in [0, 0.1) is 0 Å². The number of nitrogens with zero attached hydrogens (tertiary/aromatic N) is 4. The maximum absolute atomic E-state index is 11.3. The minimum Gasteiger partial charge on any atom is -0.504 e. The molecule has 10 nitrogen and oxygen atoms in total. The Hall–Kier alpha value is -3.33. The number of thiocarbonyl (C=S) groups is 1. The van der Waals surface area contributed by atoms with Gasteiger partial charge in [-0.1, -0.05) is 37.6 Å². The summed E-state index contributed by atoms with van der Waals surface area (Å²) in [6.07, 6.45) is 2.52. The molecule has 4 aromatic rings. The van der Waals surface area contributed by atoms with Gasteiger partial charge in [0, 0.05) is 17.4 Å². The number of isothiocyanates is 1. The molecule has 0 aliphatic rings. The van der Waals surface area contributed by atoms with E-state index in [9.17, 15) is 19.5 Å². The average molecular weight is 514 g/mol. The Labute approximate surface area is 206 Å². The van der Waals surface area contributed by atoms with Gasteiger partial charge in [0.15, 0.2) is 17.3 Å². The summed E-state index contributed by atoms with van der Waals surface area (Å²) in [7, 11) is -4.84. The number of anilines is 1. The largest absolute Gasteiger partial charge is 0.524 e. The molecule has 0 bridgehead atoms. The number of imidazole rings is 1. The summed E-state index contributed by atoms with van der Waals surface area (Å²) in [4.78, 5) is 31.7. The number of unbranched alkanes of at least 4 members (excludes halogenated alkanes) is 1. The Bertz CT molecular complexity index is 1510. The molecule has 12 heteroatoms. The zero-order chi connectivity index (χ0) is 25.2. The monoisotopic (exact) mass is 513 g/mol. The number of nitrogens with two attached hydrogens (primary N) is 1. The highest BCUT2D eigenvalue weighted by Gasteiger charge is 2.22. The molecule has 5 N–H and O–H groups in total. The summed E-state index contributed by atoms with van der Waals surface area (Å²) in [6.45, 7) is 2.63. The van der Waals surface area contributed by atoms with E-state index in [4.69, 9.17) is 10.7 Å². The molecule has 0 amide bonds. The average Bonchev–Trinajstić information content (AvgIpc) is 3.17. The Morgan fingerprint density at radius 1 is 1.26 bits per heavy atom. The molecular formula is C23H24N5O5PS. The number of rotatable bonds is 9. The third-order valence-electron chi connectivity index (χ3n) is 5.56. The van der Waals surface area contributed by atoms with Crippen molar-refractivity contribution in [1.82, 2.24) is 14.5 Å². The maximum atomic E-state index is 11.3. The minimum absolute atomic E-state index is 0.176. The number of pyridine rings is 1. The number of hydrogen-bond acceptors (Lipinski definition) is 8. The first-order valence-corrected chi connectivity index (χ1v) is 12.8. The number of aliphatic imine (C=N–C) groups is 1. The van der Waals surface area contributed by atoms with E-state index < -0.39 is 7.82 Å². The number of aryl methyl sites for hydroxylation is 1. The highest BCUT2D eigenvalue weighted by Crippen LogP contribution is 2.43. The van der Waals surface area contributed by atoms with Gasteiger partial charge in [-0.15, -0.1) is 0 Å². The van der Waals surface area contributed by atoms with Crippen molar-refractivity contribution >= 4 is 53.0 Å². The lowest BCUT2D eigenvalue weighted by Gasteiger charge is -2.15. The standard InChI is InChI=1S/C23H24N5O5PS/c1-2-3-7-19-27-20-21(16-9-8-14(11-25-13-35)10-17(16)26-23(20)24)28(19)12-15-5-4-6-18(22(15)29)33-34(30,31)32/h4-6,8-10,29H,2-3,7,11-12H2,1H3,(H2,24,26)(H2,30,31,32). The summed E-state index contributed by atoms with van der Waals surface area (Å²) in [5, 5.41) is 13.9. The molecule has 0 aliphatic carbocycles. The van der Waals surface area contributed by atoms with E-state index in [1.807, 2.05) is 22.8 Å². The molecule has 0 unspecified atom stereocenters. The molecule has 35 heavy (non-hydrogen) atoms. The van der Waals surface area contributed by atoms with Crippen LogP contribution < -0.4 is 10.3 Å². The van der Waals surface area contributed by atoms with Gasteiger partial charge in [0.1, 0.15) is 11.3 Å². The second kappa shape index (κ2) is 10.1. The summed E-state index contributed by atoms with van der Waals surface area (Å²) < 4.78 is 17.9. The van der Waals surface area contributed by atoms with Crippen LogP contribution in [0.15, 0.2) is 41.4 Å². The van der Waals surface area contributed by atoms with Crippen LogP contribution in [0.5, 0.6) is 11.5 Å². The van der Waals surface area contributed by atoms with Gasteiger partial charge in [0.2, 0.25) is 0 Å². The van der Waals surface area contributed by atoms with Crippen molar-refractivity contribution in [3.8, 4) is 11.5 Å². The molecule has 4 rings (SSSR count). The van der Waals surface area contributed by atoms with Gasteiger partial charge in [-0.2, -0.15) is 0 Å².